The molecule has 0 saturated carbocycles. The van der Waals surface area contributed by atoms with Crippen molar-refractivity contribution in [3.63, 3.8) is 0 Å². The number of rotatable bonds is 5. The number of para-hydroxylation sites is 1. The van der Waals surface area contributed by atoms with Gasteiger partial charge in [0.1, 0.15) is 5.75 Å². The third kappa shape index (κ3) is 4.20. The molecule has 0 unspecified atom stereocenters. The van der Waals surface area contributed by atoms with Gasteiger partial charge in [0.25, 0.3) is 0 Å². The van der Waals surface area contributed by atoms with Crippen LogP contribution in [0.3, 0.4) is 0 Å². The molecule has 0 saturated heterocycles. The fourth-order valence-corrected chi connectivity index (χ4v) is 1.64. The first-order valence-corrected chi connectivity index (χ1v) is 5.75. The molecule has 1 rings (SSSR count). The summed E-state index contributed by atoms with van der Waals surface area (Å²) >= 11 is 3.26. The van der Waals surface area contributed by atoms with Crippen LogP contribution in [0.4, 0.5) is 0 Å². The van der Waals surface area contributed by atoms with E-state index >= 15 is 0 Å². The zero-order valence-corrected chi connectivity index (χ0v) is 10.3. The zero-order chi connectivity index (χ0) is 11.3. The van der Waals surface area contributed by atoms with Crippen molar-refractivity contribution in [1.29, 1.82) is 0 Å². The molecule has 0 radical (unpaired) electrons. The molecule has 0 heterocycles. The molecule has 3 nitrogen and oxygen atoms in total. The fraction of sp³-hybridized carbons (Fsp3) is 0.455. The molecule has 84 valence electrons. The smallest absolute Gasteiger partial charge is 0.134 e. The van der Waals surface area contributed by atoms with E-state index in [9.17, 15) is 5.11 Å². The van der Waals surface area contributed by atoms with Gasteiger partial charge >= 0.3 is 0 Å². The minimum absolute atomic E-state index is 0.280. The molecule has 0 aliphatic heterocycles. The normalized spacial score (nSPS) is 12.7. The van der Waals surface area contributed by atoms with E-state index in [0.29, 0.717) is 11.0 Å². The Kier molecular flexibility index (Phi) is 5.08. The third-order valence-corrected chi connectivity index (χ3v) is 2.76. The van der Waals surface area contributed by atoms with Crippen molar-refractivity contribution >= 4 is 15.9 Å². The van der Waals surface area contributed by atoms with Crippen LogP contribution in [-0.4, -0.2) is 22.9 Å². The maximum Gasteiger partial charge on any atom is 0.134 e. The number of hydrogen-bond acceptors (Lipinski definition) is 3. The minimum Gasteiger partial charge on any atom is -0.506 e. The highest BCUT2D eigenvalue weighted by Gasteiger charge is 2.03. The molecule has 1 aromatic rings. The largest absolute Gasteiger partial charge is 0.506 e. The lowest BCUT2D eigenvalue weighted by Crippen LogP contribution is -2.18. The molecule has 4 heteroatoms. The molecule has 0 fully saturated rings. The molecule has 1 aromatic carbocycles. The molecule has 1 atom stereocenters. The Morgan fingerprint density at radius 3 is 2.87 bits per heavy atom. The number of aliphatic hydroxyl groups excluding tert-OH is 1. The molecule has 0 aromatic heterocycles. The van der Waals surface area contributed by atoms with Crippen molar-refractivity contribution in [3.05, 3.63) is 28.2 Å². The van der Waals surface area contributed by atoms with Crippen LogP contribution >= 0.6 is 15.9 Å². The van der Waals surface area contributed by atoms with Crippen LogP contribution in [0, 0.1) is 0 Å². The first kappa shape index (κ1) is 12.5. The highest BCUT2D eigenvalue weighted by molar-refractivity contribution is 9.10. The van der Waals surface area contributed by atoms with E-state index in [1.165, 1.54) is 0 Å². The summed E-state index contributed by atoms with van der Waals surface area (Å²) in [7, 11) is 0. The molecule has 0 aliphatic rings. The first-order valence-electron chi connectivity index (χ1n) is 4.96. The van der Waals surface area contributed by atoms with Crippen LogP contribution in [0.15, 0.2) is 22.7 Å². The fourth-order valence-electron chi connectivity index (χ4n) is 1.24. The number of nitrogens with one attached hydrogen (secondary N) is 1. The second kappa shape index (κ2) is 6.10. The van der Waals surface area contributed by atoms with E-state index in [1.54, 1.807) is 13.0 Å². The summed E-state index contributed by atoms with van der Waals surface area (Å²) < 4.78 is 0.706. The number of aliphatic hydroxyl groups is 1. The lowest BCUT2D eigenvalue weighted by atomic mass is 10.2. The number of phenols is 1. The van der Waals surface area contributed by atoms with Crippen molar-refractivity contribution in [3.8, 4) is 5.75 Å². The van der Waals surface area contributed by atoms with Gasteiger partial charge in [0.05, 0.1) is 10.6 Å². The van der Waals surface area contributed by atoms with E-state index in [2.05, 4.69) is 21.2 Å². The average molecular weight is 274 g/mol. The summed E-state index contributed by atoms with van der Waals surface area (Å²) in [6.07, 6.45) is 0.433. The van der Waals surface area contributed by atoms with Gasteiger partial charge in [-0.1, -0.05) is 12.1 Å². The van der Waals surface area contributed by atoms with Crippen LogP contribution in [-0.2, 0) is 6.54 Å². The predicted molar refractivity (Wildman–Crippen MR) is 63.8 cm³/mol. The summed E-state index contributed by atoms with van der Waals surface area (Å²) in [5, 5.41) is 21.9. The lowest BCUT2D eigenvalue weighted by molar-refractivity contribution is 0.183. The van der Waals surface area contributed by atoms with Gasteiger partial charge in [0, 0.05) is 12.1 Å². The summed E-state index contributed by atoms with van der Waals surface area (Å²) in [6.45, 7) is 3.11. The molecule has 0 amide bonds. The highest BCUT2D eigenvalue weighted by atomic mass is 79.9. The van der Waals surface area contributed by atoms with Gasteiger partial charge in [0.15, 0.2) is 0 Å². The highest BCUT2D eigenvalue weighted by Crippen LogP contribution is 2.27. The van der Waals surface area contributed by atoms with Gasteiger partial charge in [-0.05, 0) is 41.9 Å². The summed E-state index contributed by atoms with van der Waals surface area (Å²) in [4.78, 5) is 0. The lowest BCUT2D eigenvalue weighted by Gasteiger charge is -2.08. The number of benzene rings is 1. The Labute approximate surface area is 98.3 Å². The average Bonchev–Trinajstić information content (AvgIpc) is 2.18. The standard InChI is InChI=1S/C11H16BrNO2/c1-8(14)5-6-13-7-9-3-2-4-10(12)11(9)15/h2-4,8,13-15H,5-7H2,1H3/t8-/m0/s1. The Morgan fingerprint density at radius 2 is 2.20 bits per heavy atom. The van der Waals surface area contributed by atoms with Gasteiger partial charge in [-0.15, -0.1) is 0 Å². The summed E-state index contributed by atoms with van der Waals surface area (Å²) in [5.74, 6) is 0.280. The van der Waals surface area contributed by atoms with Gasteiger partial charge in [-0.25, -0.2) is 0 Å². The van der Waals surface area contributed by atoms with Crippen LogP contribution in [0.1, 0.15) is 18.9 Å². The molecule has 3 N–H and O–H groups in total. The van der Waals surface area contributed by atoms with Gasteiger partial charge in [-0.2, -0.15) is 0 Å². The maximum atomic E-state index is 9.67. The molecule has 0 spiro atoms. The van der Waals surface area contributed by atoms with Gasteiger partial charge < -0.3 is 15.5 Å². The van der Waals surface area contributed by atoms with Crippen molar-refractivity contribution in [1.82, 2.24) is 5.32 Å². The Balaban J connectivity index is 2.41. The second-order valence-electron chi connectivity index (χ2n) is 3.56. The van der Waals surface area contributed by atoms with Crippen molar-refractivity contribution < 1.29 is 10.2 Å². The number of phenolic OH excluding ortho intramolecular Hbond substituents is 1. The van der Waals surface area contributed by atoms with Crippen LogP contribution in [0.2, 0.25) is 0 Å². The molecular weight excluding hydrogens is 258 g/mol. The number of halogens is 1. The Morgan fingerprint density at radius 1 is 1.47 bits per heavy atom. The maximum absolute atomic E-state index is 9.67. The molecule has 15 heavy (non-hydrogen) atoms. The van der Waals surface area contributed by atoms with Crippen molar-refractivity contribution in [2.45, 2.75) is 26.0 Å². The summed E-state index contributed by atoms with van der Waals surface area (Å²) in [6, 6.07) is 5.56. The van der Waals surface area contributed by atoms with Crippen LogP contribution in [0.5, 0.6) is 5.75 Å². The van der Waals surface area contributed by atoms with Gasteiger partial charge in [0.2, 0.25) is 0 Å². The zero-order valence-electron chi connectivity index (χ0n) is 8.70. The number of aromatic hydroxyl groups is 1. The minimum atomic E-state index is -0.284. The Hall–Kier alpha value is -0.580. The van der Waals surface area contributed by atoms with Gasteiger partial charge in [-0.3, -0.25) is 0 Å². The SMILES string of the molecule is C[C@H](O)CCNCc1cccc(Br)c1O. The van der Waals surface area contributed by atoms with Crippen molar-refractivity contribution in [2.24, 2.45) is 0 Å². The Bertz CT molecular complexity index is 315. The summed E-state index contributed by atoms with van der Waals surface area (Å²) in [5.41, 5.74) is 0.856. The first-order chi connectivity index (χ1) is 7.11. The number of hydrogen-bond donors (Lipinski definition) is 3. The van der Waals surface area contributed by atoms with E-state index in [4.69, 9.17) is 5.11 Å². The predicted octanol–water partition coefficient (Wildman–Crippen LogP) is 2.02. The van der Waals surface area contributed by atoms with E-state index in [1.807, 2.05) is 12.1 Å². The molecule has 0 bridgehead atoms. The third-order valence-electron chi connectivity index (χ3n) is 2.12. The monoisotopic (exact) mass is 273 g/mol. The molecular formula is C11H16BrNO2. The van der Waals surface area contributed by atoms with Crippen LogP contribution < -0.4 is 5.32 Å². The topological polar surface area (TPSA) is 52.5 Å². The van der Waals surface area contributed by atoms with E-state index in [0.717, 1.165) is 18.5 Å². The van der Waals surface area contributed by atoms with E-state index in [-0.39, 0.29) is 11.9 Å². The van der Waals surface area contributed by atoms with Crippen LogP contribution in [0.25, 0.3) is 0 Å². The quantitative estimate of drug-likeness (QED) is 0.720. The molecule has 0 aliphatic carbocycles. The second-order valence-corrected chi connectivity index (χ2v) is 4.42. The van der Waals surface area contributed by atoms with E-state index < -0.39 is 0 Å². The van der Waals surface area contributed by atoms with Crippen molar-refractivity contribution in [2.75, 3.05) is 6.54 Å².